The number of alkyl halides is 3. The first-order valence-corrected chi connectivity index (χ1v) is 13.7. The number of ether oxygens (including phenoxy) is 3. The van der Waals surface area contributed by atoms with Crippen molar-refractivity contribution in [3.8, 4) is 0 Å². The number of rotatable bonds is 6. The van der Waals surface area contributed by atoms with E-state index in [1.165, 1.54) is 19.1 Å². The Morgan fingerprint density at radius 1 is 1.21 bits per heavy atom. The van der Waals surface area contributed by atoms with Crippen molar-refractivity contribution in [3.05, 3.63) is 23.8 Å². The Labute approximate surface area is 227 Å². The molecule has 4 rings (SSSR count). The summed E-state index contributed by atoms with van der Waals surface area (Å²) in [5, 5.41) is 11.5. The number of halogens is 3. The predicted octanol–water partition coefficient (Wildman–Crippen LogP) is 5.35. The molecule has 7 nitrogen and oxygen atoms in total. The molecule has 39 heavy (non-hydrogen) atoms. The van der Waals surface area contributed by atoms with Crippen molar-refractivity contribution < 1.29 is 46.9 Å². The van der Waals surface area contributed by atoms with Crippen LogP contribution in [0.3, 0.4) is 0 Å². The molecule has 0 saturated heterocycles. The number of allylic oxidation sites excluding steroid dienone is 4. The fourth-order valence-electron chi connectivity index (χ4n) is 8.34. The SMILES string of the molecule is CCC(OC(=O)O[C@]1(C(=O)OCF)[C@H](C)C[C@H]2[C@@H]3C[C@H](F)C4=CC(=O)C=C[C@]4(C)[C@@]3(F)[C@@H](O)C[C@@]21C)C(C)C. The van der Waals surface area contributed by atoms with Crippen LogP contribution in [0.1, 0.15) is 67.2 Å². The average Bonchev–Trinajstić information content (AvgIpc) is 3.07. The Bertz CT molecular complexity index is 1090. The van der Waals surface area contributed by atoms with Crippen LogP contribution in [0, 0.1) is 34.5 Å². The van der Waals surface area contributed by atoms with E-state index in [4.69, 9.17) is 14.2 Å². The smallest absolute Gasteiger partial charge is 0.431 e. The fourth-order valence-corrected chi connectivity index (χ4v) is 8.34. The van der Waals surface area contributed by atoms with Crippen molar-refractivity contribution in [2.45, 2.75) is 96.9 Å². The molecule has 0 amide bonds. The number of hydrogen-bond donors (Lipinski definition) is 1. The molecule has 218 valence electrons. The highest BCUT2D eigenvalue weighted by Crippen LogP contribution is 2.71. The number of hydrogen-bond acceptors (Lipinski definition) is 7. The second kappa shape index (κ2) is 9.93. The molecule has 1 N–H and O–H groups in total. The summed E-state index contributed by atoms with van der Waals surface area (Å²) in [6.45, 7) is 8.73. The van der Waals surface area contributed by atoms with Crippen LogP contribution in [0.2, 0.25) is 0 Å². The van der Waals surface area contributed by atoms with E-state index in [2.05, 4.69) is 0 Å². The lowest BCUT2D eigenvalue weighted by Crippen LogP contribution is -2.71. The first-order valence-electron chi connectivity index (χ1n) is 13.7. The van der Waals surface area contributed by atoms with Crippen molar-refractivity contribution in [2.75, 3.05) is 6.86 Å². The standard InChI is InChI=1S/C29H39F3O7/c1-7-22(15(2)3)38-25(36)39-29(24(35)37-14-30)16(4)10-18-19-12-21(31)20-11-17(33)8-9-26(20,5)28(19,32)23(34)13-27(18,29)6/h8-9,11,15-16,18-19,21-23,34H,7,10,12-14H2,1-6H3/t16-,18+,19+,21+,22?,23+,26+,27+,28+,29+/m1/s1. The summed E-state index contributed by atoms with van der Waals surface area (Å²) >= 11 is 0. The van der Waals surface area contributed by atoms with Gasteiger partial charge in [-0.2, -0.15) is 0 Å². The average molecular weight is 557 g/mol. The lowest BCUT2D eigenvalue weighted by molar-refractivity contribution is -0.235. The quantitative estimate of drug-likeness (QED) is 0.441. The third-order valence-corrected chi connectivity index (χ3v) is 10.3. The molecule has 0 radical (unpaired) electrons. The Morgan fingerprint density at radius 2 is 1.87 bits per heavy atom. The van der Waals surface area contributed by atoms with E-state index in [-0.39, 0.29) is 30.8 Å². The van der Waals surface area contributed by atoms with Crippen molar-refractivity contribution in [1.82, 2.24) is 0 Å². The van der Waals surface area contributed by atoms with Gasteiger partial charge in [-0.3, -0.25) is 4.79 Å². The topological polar surface area (TPSA) is 99.1 Å². The third-order valence-electron chi connectivity index (χ3n) is 10.3. The highest BCUT2D eigenvalue weighted by atomic mass is 19.1. The Kier molecular flexibility index (Phi) is 7.54. The fraction of sp³-hybridized carbons (Fsp3) is 0.759. The van der Waals surface area contributed by atoms with Gasteiger partial charge in [-0.1, -0.05) is 40.7 Å². The number of carbonyl (C=O) groups excluding carboxylic acids is 3. The zero-order chi connectivity index (χ0) is 29.1. The first-order chi connectivity index (χ1) is 18.1. The van der Waals surface area contributed by atoms with Crippen LogP contribution in [0.15, 0.2) is 23.8 Å². The van der Waals surface area contributed by atoms with Gasteiger partial charge in [0.25, 0.3) is 0 Å². The minimum atomic E-state index is -2.38. The molecule has 0 bridgehead atoms. The highest BCUT2D eigenvalue weighted by molar-refractivity contribution is 6.01. The summed E-state index contributed by atoms with van der Waals surface area (Å²) in [4.78, 5) is 38.6. The molecule has 0 aliphatic heterocycles. The molecule has 0 aromatic heterocycles. The lowest BCUT2D eigenvalue weighted by Gasteiger charge is -2.62. The van der Waals surface area contributed by atoms with E-state index in [1.54, 1.807) is 13.8 Å². The minimum Gasteiger partial charge on any atom is -0.431 e. The van der Waals surface area contributed by atoms with E-state index >= 15 is 8.78 Å². The van der Waals surface area contributed by atoms with E-state index in [0.29, 0.717) is 6.42 Å². The van der Waals surface area contributed by atoms with E-state index in [0.717, 1.165) is 6.08 Å². The number of aliphatic hydroxyl groups is 1. The molecule has 0 aromatic carbocycles. The number of esters is 1. The maximum absolute atomic E-state index is 17.4. The predicted molar refractivity (Wildman–Crippen MR) is 134 cm³/mol. The van der Waals surface area contributed by atoms with Crippen molar-refractivity contribution in [1.29, 1.82) is 0 Å². The van der Waals surface area contributed by atoms with Gasteiger partial charge in [-0.25, -0.2) is 22.8 Å². The second-order valence-electron chi connectivity index (χ2n) is 12.4. The van der Waals surface area contributed by atoms with Crippen LogP contribution < -0.4 is 0 Å². The maximum atomic E-state index is 17.4. The van der Waals surface area contributed by atoms with Gasteiger partial charge in [-0.05, 0) is 62.2 Å². The zero-order valence-electron chi connectivity index (χ0n) is 23.3. The third kappa shape index (κ3) is 3.98. The van der Waals surface area contributed by atoms with Crippen LogP contribution in [0.5, 0.6) is 0 Å². The molecule has 4 aliphatic carbocycles. The van der Waals surface area contributed by atoms with Crippen molar-refractivity contribution >= 4 is 17.9 Å². The van der Waals surface area contributed by atoms with E-state index in [9.17, 15) is 23.9 Å². The summed E-state index contributed by atoms with van der Waals surface area (Å²) in [7, 11) is 0. The van der Waals surface area contributed by atoms with Crippen LogP contribution in [0.4, 0.5) is 18.0 Å². The van der Waals surface area contributed by atoms with Gasteiger partial charge < -0.3 is 19.3 Å². The van der Waals surface area contributed by atoms with Crippen molar-refractivity contribution in [2.24, 2.45) is 34.5 Å². The molecular weight excluding hydrogens is 517 g/mol. The second-order valence-corrected chi connectivity index (χ2v) is 12.4. The number of ketones is 1. The monoisotopic (exact) mass is 556 g/mol. The molecule has 0 spiro atoms. The number of fused-ring (bicyclic) bond motifs is 5. The van der Waals surface area contributed by atoms with Gasteiger partial charge in [-0.15, -0.1) is 0 Å². The maximum Gasteiger partial charge on any atom is 0.509 e. The largest absolute Gasteiger partial charge is 0.509 e. The number of carbonyl (C=O) groups is 3. The minimum absolute atomic E-state index is 0.0235. The zero-order valence-corrected chi connectivity index (χ0v) is 23.3. The van der Waals surface area contributed by atoms with Crippen molar-refractivity contribution in [3.63, 3.8) is 0 Å². The molecule has 3 saturated carbocycles. The van der Waals surface area contributed by atoms with Gasteiger partial charge >= 0.3 is 12.1 Å². The Balaban J connectivity index is 1.80. The number of aliphatic hydroxyl groups excluding tert-OH is 1. The summed E-state index contributed by atoms with van der Waals surface area (Å²) in [6.07, 6.45) is -1.55. The summed E-state index contributed by atoms with van der Waals surface area (Å²) in [6, 6.07) is 0. The van der Waals surface area contributed by atoms with Gasteiger partial charge in [0.2, 0.25) is 12.5 Å². The molecule has 3 fully saturated rings. The molecule has 10 heteroatoms. The van der Waals surface area contributed by atoms with Crippen LogP contribution in [-0.2, 0) is 23.8 Å². The van der Waals surface area contributed by atoms with Crippen LogP contribution in [-0.4, -0.2) is 59.5 Å². The van der Waals surface area contributed by atoms with Gasteiger partial charge in [0, 0.05) is 22.7 Å². The molecule has 0 aromatic rings. The Hall–Kier alpha value is -2.36. The lowest BCUT2D eigenvalue weighted by atomic mass is 9.44. The van der Waals surface area contributed by atoms with Gasteiger partial charge in [0.05, 0.1) is 6.10 Å². The molecule has 4 aliphatic rings. The molecular formula is C29H39F3O7. The summed E-state index contributed by atoms with van der Waals surface area (Å²) in [5.74, 6) is -4.31. The molecule has 10 atom stereocenters. The van der Waals surface area contributed by atoms with Crippen LogP contribution >= 0.6 is 0 Å². The molecule has 1 unspecified atom stereocenters. The first kappa shape index (κ1) is 29.6. The van der Waals surface area contributed by atoms with Gasteiger partial charge in [0.1, 0.15) is 12.3 Å². The Morgan fingerprint density at radius 3 is 2.46 bits per heavy atom. The highest BCUT2D eigenvalue weighted by Gasteiger charge is 2.79. The van der Waals surface area contributed by atoms with E-state index in [1.807, 2.05) is 20.8 Å². The normalized spacial score (nSPS) is 43.6. The van der Waals surface area contributed by atoms with Crippen LogP contribution in [0.25, 0.3) is 0 Å². The summed E-state index contributed by atoms with van der Waals surface area (Å²) < 4.78 is 62.6. The summed E-state index contributed by atoms with van der Waals surface area (Å²) in [5.41, 5.74) is -7.57. The van der Waals surface area contributed by atoms with E-state index < -0.39 is 83.0 Å². The molecule has 0 heterocycles. The van der Waals surface area contributed by atoms with Gasteiger partial charge in [0.15, 0.2) is 11.5 Å².